The first-order valence-corrected chi connectivity index (χ1v) is 10.6. The van der Waals surface area contributed by atoms with E-state index in [0.717, 1.165) is 11.1 Å². The summed E-state index contributed by atoms with van der Waals surface area (Å²) in [5.74, 6) is 0.649. The molecule has 170 valence electrons. The molecule has 7 heteroatoms. The highest BCUT2D eigenvalue weighted by atomic mass is 16.5. The van der Waals surface area contributed by atoms with E-state index in [1.165, 1.54) is 6.21 Å². The van der Waals surface area contributed by atoms with Gasteiger partial charge in [-0.15, -0.1) is 0 Å². The lowest BCUT2D eigenvalue weighted by molar-refractivity contribution is -0.121. The predicted molar refractivity (Wildman–Crippen MR) is 128 cm³/mol. The molecule has 7 nitrogen and oxygen atoms in total. The zero-order valence-electron chi connectivity index (χ0n) is 18.7. The summed E-state index contributed by atoms with van der Waals surface area (Å²) in [5.41, 5.74) is 4.64. The van der Waals surface area contributed by atoms with Crippen LogP contribution in [0.2, 0.25) is 0 Å². The first-order chi connectivity index (χ1) is 16.1. The molecule has 2 amide bonds. The molecule has 0 unspecified atom stereocenters. The van der Waals surface area contributed by atoms with Gasteiger partial charge in [0.15, 0.2) is 11.5 Å². The van der Waals surface area contributed by atoms with Gasteiger partial charge in [0.25, 0.3) is 5.91 Å². The van der Waals surface area contributed by atoms with Gasteiger partial charge < -0.3 is 14.8 Å². The lowest BCUT2D eigenvalue weighted by atomic mass is 10.0. The fourth-order valence-corrected chi connectivity index (χ4v) is 3.22. The number of amides is 2. The molecule has 3 aromatic carbocycles. The summed E-state index contributed by atoms with van der Waals surface area (Å²) in [5, 5.41) is 6.99. The molecule has 0 aliphatic heterocycles. The van der Waals surface area contributed by atoms with E-state index in [1.807, 2.05) is 49.4 Å². The second-order valence-electron chi connectivity index (χ2n) is 7.14. The third-order valence-corrected chi connectivity index (χ3v) is 4.82. The van der Waals surface area contributed by atoms with Crippen molar-refractivity contribution in [2.75, 3.05) is 13.7 Å². The second-order valence-corrected chi connectivity index (χ2v) is 7.14. The topological polar surface area (TPSA) is 89.0 Å². The Hall–Kier alpha value is -4.13. The maximum Gasteiger partial charge on any atom is 0.251 e. The number of carbonyl (C=O) groups is 2. The van der Waals surface area contributed by atoms with Gasteiger partial charge in [-0.2, -0.15) is 5.10 Å². The van der Waals surface area contributed by atoms with Gasteiger partial charge in [-0.05, 0) is 48.4 Å². The predicted octanol–water partition coefficient (Wildman–Crippen LogP) is 4.11. The molecule has 0 fully saturated rings. The van der Waals surface area contributed by atoms with E-state index in [2.05, 4.69) is 15.8 Å². The monoisotopic (exact) mass is 445 g/mol. The molecule has 0 heterocycles. The van der Waals surface area contributed by atoms with Gasteiger partial charge in [0.05, 0.1) is 32.4 Å². The maximum atomic E-state index is 12.7. The lowest BCUT2D eigenvalue weighted by Gasteiger charge is -2.18. The minimum absolute atomic E-state index is 0.0345. The van der Waals surface area contributed by atoms with Crippen molar-refractivity contribution in [3.05, 3.63) is 95.6 Å². The number of methoxy groups -OCH3 is 1. The first-order valence-electron chi connectivity index (χ1n) is 10.6. The SMILES string of the molecule is CCOc1cc(/C=N\NC(=O)C[C@H](NC(=O)c2ccccc2)c2ccccc2)ccc1OC. The molecule has 0 saturated heterocycles. The molecule has 0 aromatic heterocycles. The third kappa shape index (κ3) is 6.93. The summed E-state index contributed by atoms with van der Waals surface area (Å²) in [6.45, 7) is 2.39. The maximum absolute atomic E-state index is 12.7. The van der Waals surface area contributed by atoms with Gasteiger partial charge in [-0.25, -0.2) is 5.43 Å². The van der Waals surface area contributed by atoms with Crippen LogP contribution in [0.25, 0.3) is 0 Å². The Morgan fingerprint density at radius 1 is 0.970 bits per heavy atom. The van der Waals surface area contributed by atoms with Crippen molar-refractivity contribution < 1.29 is 19.1 Å². The van der Waals surface area contributed by atoms with Crippen LogP contribution in [0, 0.1) is 0 Å². The molecule has 0 aliphatic rings. The molecule has 3 rings (SSSR count). The standard InChI is InChI=1S/C26H27N3O4/c1-3-33-24-16-19(14-15-23(24)32-2)18-27-29-25(30)17-22(20-10-6-4-7-11-20)28-26(31)21-12-8-5-9-13-21/h4-16,18,22H,3,17H2,1-2H3,(H,28,31)(H,29,30)/b27-18-/t22-/m0/s1. The Morgan fingerprint density at radius 2 is 1.67 bits per heavy atom. The van der Waals surface area contributed by atoms with E-state index in [0.29, 0.717) is 23.7 Å². The van der Waals surface area contributed by atoms with Crippen LogP contribution in [0.3, 0.4) is 0 Å². The molecular formula is C26H27N3O4. The van der Waals surface area contributed by atoms with Gasteiger partial charge in [0.2, 0.25) is 5.91 Å². The quantitative estimate of drug-likeness (QED) is 0.363. The second kappa shape index (κ2) is 12.0. The van der Waals surface area contributed by atoms with Crippen molar-refractivity contribution in [2.24, 2.45) is 5.10 Å². The molecule has 0 spiro atoms. The molecule has 33 heavy (non-hydrogen) atoms. The number of ether oxygens (including phenoxy) is 2. The molecule has 3 aromatic rings. The summed E-state index contributed by atoms with van der Waals surface area (Å²) in [6, 6.07) is 23.1. The molecule has 2 N–H and O–H groups in total. The van der Waals surface area contributed by atoms with Crippen molar-refractivity contribution in [3.8, 4) is 11.5 Å². The number of carbonyl (C=O) groups excluding carboxylic acids is 2. The molecular weight excluding hydrogens is 418 g/mol. The third-order valence-electron chi connectivity index (χ3n) is 4.82. The number of rotatable bonds is 10. The van der Waals surface area contributed by atoms with Crippen LogP contribution in [0.4, 0.5) is 0 Å². The van der Waals surface area contributed by atoms with Crippen LogP contribution in [-0.2, 0) is 4.79 Å². The smallest absolute Gasteiger partial charge is 0.251 e. The Morgan fingerprint density at radius 3 is 2.33 bits per heavy atom. The first kappa shape index (κ1) is 23.5. The van der Waals surface area contributed by atoms with Gasteiger partial charge in [-0.3, -0.25) is 9.59 Å². The van der Waals surface area contributed by atoms with Crippen LogP contribution in [0.5, 0.6) is 11.5 Å². The number of nitrogens with zero attached hydrogens (tertiary/aromatic N) is 1. The number of hydrogen-bond acceptors (Lipinski definition) is 5. The van der Waals surface area contributed by atoms with Gasteiger partial charge >= 0.3 is 0 Å². The van der Waals surface area contributed by atoms with E-state index in [1.54, 1.807) is 43.5 Å². The van der Waals surface area contributed by atoms with Crippen LogP contribution < -0.4 is 20.2 Å². The lowest BCUT2D eigenvalue weighted by Crippen LogP contribution is -2.32. The molecule has 0 aliphatic carbocycles. The average molecular weight is 446 g/mol. The van der Waals surface area contributed by atoms with Crippen molar-refractivity contribution in [2.45, 2.75) is 19.4 Å². The zero-order chi connectivity index (χ0) is 23.5. The highest BCUT2D eigenvalue weighted by molar-refractivity contribution is 5.94. The Kier molecular flexibility index (Phi) is 8.59. The minimum Gasteiger partial charge on any atom is -0.493 e. The normalized spacial score (nSPS) is 11.6. The highest BCUT2D eigenvalue weighted by Crippen LogP contribution is 2.27. The summed E-state index contributed by atoms with van der Waals surface area (Å²) in [7, 11) is 1.57. The van der Waals surface area contributed by atoms with Gasteiger partial charge in [0.1, 0.15) is 0 Å². The van der Waals surface area contributed by atoms with Crippen molar-refractivity contribution >= 4 is 18.0 Å². The van der Waals surface area contributed by atoms with E-state index in [-0.39, 0.29) is 18.2 Å². The molecule has 0 bridgehead atoms. The Balaban J connectivity index is 1.66. The van der Waals surface area contributed by atoms with Crippen molar-refractivity contribution in [1.29, 1.82) is 0 Å². The van der Waals surface area contributed by atoms with E-state index >= 15 is 0 Å². The summed E-state index contributed by atoms with van der Waals surface area (Å²) in [6.07, 6.45) is 1.56. The minimum atomic E-state index is -0.500. The van der Waals surface area contributed by atoms with Crippen LogP contribution in [0.15, 0.2) is 84.0 Å². The molecule has 0 radical (unpaired) electrons. The van der Waals surface area contributed by atoms with Crippen LogP contribution >= 0.6 is 0 Å². The zero-order valence-corrected chi connectivity index (χ0v) is 18.7. The van der Waals surface area contributed by atoms with Crippen molar-refractivity contribution in [1.82, 2.24) is 10.7 Å². The highest BCUT2D eigenvalue weighted by Gasteiger charge is 2.19. The average Bonchev–Trinajstić information content (AvgIpc) is 2.85. The summed E-state index contributed by atoms with van der Waals surface area (Å²) < 4.78 is 10.8. The Labute approximate surface area is 193 Å². The summed E-state index contributed by atoms with van der Waals surface area (Å²) >= 11 is 0. The number of nitrogens with one attached hydrogen (secondary N) is 2. The number of hydrogen-bond donors (Lipinski definition) is 2. The molecule has 0 saturated carbocycles. The number of hydrazone groups is 1. The van der Waals surface area contributed by atoms with Crippen molar-refractivity contribution in [3.63, 3.8) is 0 Å². The fourth-order valence-electron chi connectivity index (χ4n) is 3.22. The fraction of sp³-hybridized carbons (Fsp3) is 0.192. The van der Waals surface area contributed by atoms with Crippen LogP contribution in [-0.4, -0.2) is 31.7 Å². The largest absolute Gasteiger partial charge is 0.493 e. The number of benzene rings is 3. The van der Waals surface area contributed by atoms with E-state index in [9.17, 15) is 9.59 Å². The summed E-state index contributed by atoms with van der Waals surface area (Å²) in [4.78, 5) is 25.2. The van der Waals surface area contributed by atoms with Gasteiger partial charge in [0, 0.05) is 5.56 Å². The van der Waals surface area contributed by atoms with Crippen LogP contribution in [0.1, 0.15) is 40.9 Å². The molecule has 1 atom stereocenters. The van der Waals surface area contributed by atoms with Gasteiger partial charge in [-0.1, -0.05) is 48.5 Å². The Bertz CT molecular complexity index is 1090. The van der Waals surface area contributed by atoms with E-state index in [4.69, 9.17) is 9.47 Å². The van der Waals surface area contributed by atoms with E-state index < -0.39 is 6.04 Å².